The number of carbonyl (C=O) groups is 1. The van der Waals surface area contributed by atoms with Gasteiger partial charge < -0.3 is 14.6 Å². The average Bonchev–Trinajstić information content (AvgIpc) is 3.43. The summed E-state index contributed by atoms with van der Waals surface area (Å²) in [6, 6.07) is 21.3. The van der Waals surface area contributed by atoms with E-state index in [1.54, 1.807) is 10.9 Å². The van der Waals surface area contributed by atoms with Crippen LogP contribution in [0, 0.1) is 0 Å². The van der Waals surface area contributed by atoms with Gasteiger partial charge in [0.15, 0.2) is 5.82 Å². The van der Waals surface area contributed by atoms with Crippen molar-refractivity contribution in [3.05, 3.63) is 96.4 Å². The number of hydrogen-bond donors (Lipinski definition) is 1. The molecule has 0 aliphatic rings. The molecule has 0 atom stereocenters. The van der Waals surface area contributed by atoms with Gasteiger partial charge in [-0.05, 0) is 48.9 Å². The van der Waals surface area contributed by atoms with Crippen LogP contribution < -0.4 is 10.1 Å². The summed E-state index contributed by atoms with van der Waals surface area (Å²) in [5.41, 5.74) is 2.40. The molecule has 0 spiro atoms. The second kappa shape index (κ2) is 8.48. The molecule has 2 aromatic heterocycles. The minimum Gasteiger partial charge on any atom is -0.494 e. The van der Waals surface area contributed by atoms with Crippen LogP contribution in [0.2, 0.25) is 0 Å². The van der Waals surface area contributed by atoms with E-state index in [2.05, 4.69) is 10.4 Å². The molecule has 6 nitrogen and oxygen atoms in total. The highest BCUT2D eigenvalue weighted by Gasteiger charge is 2.19. The zero-order chi connectivity index (χ0) is 20.1. The van der Waals surface area contributed by atoms with E-state index in [1.807, 2.05) is 90.6 Å². The number of carbonyl (C=O) groups excluding carboxylic acids is 1. The van der Waals surface area contributed by atoms with Crippen LogP contribution in [0.4, 0.5) is 0 Å². The van der Waals surface area contributed by atoms with Crippen LogP contribution in [0.25, 0.3) is 11.5 Å². The van der Waals surface area contributed by atoms with E-state index in [0.29, 0.717) is 24.5 Å². The number of benzene rings is 2. The van der Waals surface area contributed by atoms with Gasteiger partial charge in [-0.3, -0.25) is 4.79 Å². The number of nitrogens with zero attached hydrogens (tertiary/aromatic N) is 3. The van der Waals surface area contributed by atoms with Crippen LogP contribution in [0.5, 0.6) is 5.75 Å². The lowest BCUT2D eigenvalue weighted by Crippen LogP contribution is -2.24. The van der Waals surface area contributed by atoms with E-state index >= 15 is 0 Å². The van der Waals surface area contributed by atoms with Crippen LogP contribution in [0.15, 0.2) is 85.3 Å². The summed E-state index contributed by atoms with van der Waals surface area (Å²) in [6.45, 7) is 3.00. The maximum Gasteiger partial charge on any atom is 0.256 e. The van der Waals surface area contributed by atoms with Gasteiger partial charge in [-0.1, -0.05) is 30.3 Å². The number of para-hydroxylation sites is 1. The number of hydrogen-bond acceptors (Lipinski definition) is 3. The number of ether oxygens (including phenoxy) is 1. The highest BCUT2D eigenvalue weighted by Crippen LogP contribution is 2.20. The summed E-state index contributed by atoms with van der Waals surface area (Å²) in [5, 5.41) is 7.46. The van der Waals surface area contributed by atoms with Crippen LogP contribution in [0.1, 0.15) is 22.8 Å². The zero-order valence-electron chi connectivity index (χ0n) is 16.2. The predicted molar refractivity (Wildman–Crippen MR) is 112 cm³/mol. The smallest absolute Gasteiger partial charge is 0.256 e. The third-order valence-corrected chi connectivity index (χ3v) is 4.53. The summed E-state index contributed by atoms with van der Waals surface area (Å²) >= 11 is 0. The molecule has 0 unspecified atom stereocenters. The van der Waals surface area contributed by atoms with Crippen molar-refractivity contribution in [1.82, 2.24) is 19.7 Å². The zero-order valence-corrected chi connectivity index (χ0v) is 16.2. The Kier molecular flexibility index (Phi) is 5.42. The van der Waals surface area contributed by atoms with Gasteiger partial charge in [0, 0.05) is 18.9 Å². The number of aromatic nitrogens is 3. The van der Waals surface area contributed by atoms with E-state index in [0.717, 1.165) is 17.0 Å². The molecule has 2 heterocycles. The van der Waals surface area contributed by atoms with Gasteiger partial charge in [0.1, 0.15) is 11.3 Å². The molecule has 6 heteroatoms. The maximum atomic E-state index is 12.9. The average molecular weight is 386 g/mol. The number of nitrogens with one attached hydrogen (secondary N) is 1. The molecule has 0 saturated carbocycles. The fourth-order valence-corrected chi connectivity index (χ4v) is 3.13. The largest absolute Gasteiger partial charge is 0.494 e. The van der Waals surface area contributed by atoms with Crippen LogP contribution in [0.3, 0.4) is 0 Å². The highest BCUT2D eigenvalue weighted by molar-refractivity contribution is 5.97. The van der Waals surface area contributed by atoms with Crippen LogP contribution in [-0.2, 0) is 6.54 Å². The van der Waals surface area contributed by atoms with Gasteiger partial charge in [0.2, 0.25) is 0 Å². The van der Waals surface area contributed by atoms with E-state index < -0.39 is 0 Å². The fourth-order valence-electron chi connectivity index (χ4n) is 3.13. The van der Waals surface area contributed by atoms with Crippen molar-refractivity contribution in [2.24, 2.45) is 0 Å². The fraction of sp³-hybridized carbons (Fsp3) is 0.130. The molecule has 1 amide bonds. The number of rotatable bonds is 7. The predicted octanol–water partition coefficient (Wildman–Crippen LogP) is 3.99. The second-order valence-electron chi connectivity index (χ2n) is 6.48. The van der Waals surface area contributed by atoms with Crippen molar-refractivity contribution in [1.29, 1.82) is 0 Å². The van der Waals surface area contributed by atoms with E-state index in [-0.39, 0.29) is 5.91 Å². The van der Waals surface area contributed by atoms with Crippen molar-refractivity contribution in [2.45, 2.75) is 13.5 Å². The van der Waals surface area contributed by atoms with Crippen LogP contribution in [-0.4, -0.2) is 26.9 Å². The Hall–Kier alpha value is -3.80. The first kappa shape index (κ1) is 18.6. The normalized spacial score (nSPS) is 10.7. The first-order chi connectivity index (χ1) is 14.3. The van der Waals surface area contributed by atoms with Gasteiger partial charge in [0.25, 0.3) is 5.91 Å². The van der Waals surface area contributed by atoms with Crippen molar-refractivity contribution in [3.8, 4) is 17.3 Å². The van der Waals surface area contributed by atoms with Gasteiger partial charge in [-0.2, -0.15) is 5.10 Å². The molecule has 0 aliphatic carbocycles. The lowest BCUT2D eigenvalue weighted by Gasteiger charge is -2.11. The topological polar surface area (TPSA) is 61.1 Å². The molecular formula is C23H22N4O2. The van der Waals surface area contributed by atoms with Crippen LogP contribution >= 0.6 is 0 Å². The third-order valence-electron chi connectivity index (χ3n) is 4.53. The van der Waals surface area contributed by atoms with Crippen molar-refractivity contribution in [2.75, 3.05) is 6.61 Å². The van der Waals surface area contributed by atoms with Gasteiger partial charge in [-0.15, -0.1) is 0 Å². The standard InChI is InChI=1S/C23H22N4O2/c1-2-29-20-12-10-18(11-13-20)16-24-22(28)21-17-25-27(19-8-4-3-5-9-19)23(21)26-14-6-7-15-26/h3-15,17H,2,16H2,1H3,(H,24,28). The first-order valence-electron chi connectivity index (χ1n) is 9.53. The summed E-state index contributed by atoms with van der Waals surface area (Å²) in [7, 11) is 0. The number of amides is 1. The quantitative estimate of drug-likeness (QED) is 0.522. The summed E-state index contributed by atoms with van der Waals surface area (Å²) in [6.07, 6.45) is 5.41. The highest BCUT2D eigenvalue weighted by atomic mass is 16.5. The third kappa shape index (κ3) is 4.06. The summed E-state index contributed by atoms with van der Waals surface area (Å²) in [4.78, 5) is 12.9. The molecule has 4 rings (SSSR count). The molecule has 0 aliphatic heterocycles. The second-order valence-corrected chi connectivity index (χ2v) is 6.48. The first-order valence-corrected chi connectivity index (χ1v) is 9.53. The SMILES string of the molecule is CCOc1ccc(CNC(=O)c2cnn(-c3ccccc3)c2-n2cccc2)cc1. The Morgan fingerprint density at radius 1 is 1.00 bits per heavy atom. The van der Waals surface area contributed by atoms with Gasteiger partial charge >= 0.3 is 0 Å². The van der Waals surface area contributed by atoms with Crippen molar-refractivity contribution in [3.63, 3.8) is 0 Å². The minimum atomic E-state index is -0.176. The van der Waals surface area contributed by atoms with E-state index in [9.17, 15) is 4.79 Å². The van der Waals surface area contributed by atoms with E-state index in [1.165, 1.54) is 0 Å². The monoisotopic (exact) mass is 386 g/mol. The molecule has 146 valence electrons. The molecule has 29 heavy (non-hydrogen) atoms. The lowest BCUT2D eigenvalue weighted by atomic mass is 10.2. The molecule has 4 aromatic rings. The van der Waals surface area contributed by atoms with Gasteiger partial charge in [-0.25, -0.2) is 4.68 Å². The molecule has 0 bridgehead atoms. The molecule has 1 N–H and O–H groups in total. The molecule has 2 aromatic carbocycles. The molecule has 0 radical (unpaired) electrons. The Morgan fingerprint density at radius 3 is 2.41 bits per heavy atom. The Bertz CT molecular complexity index is 1070. The minimum absolute atomic E-state index is 0.176. The summed E-state index contributed by atoms with van der Waals surface area (Å²) < 4.78 is 9.12. The lowest BCUT2D eigenvalue weighted by molar-refractivity contribution is 0.0951. The Morgan fingerprint density at radius 2 is 1.72 bits per heavy atom. The molecular weight excluding hydrogens is 364 g/mol. The summed E-state index contributed by atoms with van der Waals surface area (Å²) in [5.74, 6) is 1.34. The van der Waals surface area contributed by atoms with Crippen molar-refractivity contribution < 1.29 is 9.53 Å². The Labute approximate surface area is 169 Å². The van der Waals surface area contributed by atoms with Gasteiger partial charge in [0.05, 0.1) is 18.5 Å². The molecule has 0 fully saturated rings. The maximum absolute atomic E-state index is 12.9. The Balaban J connectivity index is 1.58. The van der Waals surface area contributed by atoms with E-state index in [4.69, 9.17) is 4.74 Å². The van der Waals surface area contributed by atoms with Crippen molar-refractivity contribution >= 4 is 5.91 Å². The molecule has 0 saturated heterocycles.